The Labute approximate surface area is 109 Å². The summed E-state index contributed by atoms with van der Waals surface area (Å²) >= 11 is 5.78. The van der Waals surface area contributed by atoms with Gasteiger partial charge in [0, 0.05) is 17.1 Å². The molecule has 2 rings (SSSR count). The molecule has 2 aromatic rings. The number of carbonyl (C=O) groups is 1. The van der Waals surface area contributed by atoms with Crippen molar-refractivity contribution in [1.82, 2.24) is 0 Å². The first-order valence-corrected chi connectivity index (χ1v) is 5.95. The highest BCUT2D eigenvalue weighted by atomic mass is 35.5. The summed E-state index contributed by atoms with van der Waals surface area (Å²) in [6.45, 7) is 0. The van der Waals surface area contributed by atoms with Gasteiger partial charge in [0.1, 0.15) is 5.82 Å². The van der Waals surface area contributed by atoms with E-state index in [9.17, 15) is 9.18 Å². The molecule has 1 N–H and O–H groups in total. The first-order chi connectivity index (χ1) is 8.70. The molecule has 4 heteroatoms. The van der Waals surface area contributed by atoms with E-state index in [1.54, 1.807) is 18.2 Å². The van der Waals surface area contributed by atoms with Crippen LogP contribution in [0, 0.1) is 5.82 Å². The van der Waals surface area contributed by atoms with Gasteiger partial charge >= 0.3 is 0 Å². The smallest absolute Gasteiger partial charge is 0.255 e. The average molecular weight is 264 g/mol. The van der Waals surface area contributed by atoms with Gasteiger partial charge in [-0.25, -0.2) is 4.39 Å². The van der Waals surface area contributed by atoms with Crippen molar-refractivity contribution >= 4 is 23.2 Å². The summed E-state index contributed by atoms with van der Waals surface area (Å²) in [4.78, 5) is 11.9. The lowest BCUT2D eigenvalue weighted by Gasteiger charge is -2.09. The first kappa shape index (κ1) is 12.6. The van der Waals surface area contributed by atoms with E-state index in [1.165, 1.54) is 18.2 Å². The maximum atomic E-state index is 13.0. The van der Waals surface area contributed by atoms with Gasteiger partial charge in [0.05, 0.1) is 0 Å². The van der Waals surface area contributed by atoms with Crippen molar-refractivity contribution in [2.24, 2.45) is 0 Å². The third kappa shape index (κ3) is 2.87. The molecule has 0 aliphatic carbocycles. The van der Waals surface area contributed by atoms with Gasteiger partial charge in [-0.3, -0.25) is 4.79 Å². The molecule has 0 aliphatic rings. The zero-order valence-corrected chi connectivity index (χ0v) is 10.2. The van der Waals surface area contributed by atoms with Crippen LogP contribution in [0.5, 0.6) is 0 Å². The van der Waals surface area contributed by atoms with E-state index in [4.69, 9.17) is 11.6 Å². The molecular formula is C14H11ClFNO. The van der Waals surface area contributed by atoms with Crippen molar-refractivity contribution < 1.29 is 9.18 Å². The minimum Gasteiger partial charge on any atom is -0.322 e. The van der Waals surface area contributed by atoms with Gasteiger partial charge in [-0.2, -0.15) is 0 Å². The van der Waals surface area contributed by atoms with Crippen LogP contribution in [0.2, 0.25) is 0 Å². The average Bonchev–Trinajstić information content (AvgIpc) is 2.39. The molecular weight excluding hydrogens is 253 g/mol. The van der Waals surface area contributed by atoms with E-state index in [1.807, 2.05) is 12.1 Å². The summed E-state index contributed by atoms with van der Waals surface area (Å²) in [5.41, 5.74) is 1.74. The molecule has 92 valence electrons. The Hall–Kier alpha value is -1.87. The number of rotatable bonds is 3. The lowest BCUT2D eigenvalue weighted by Crippen LogP contribution is -2.13. The quantitative estimate of drug-likeness (QED) is 0.838. The highest BCUT2D eigenvalue weighted by Crippen LogP contribution is 2.18. The minimum absolute atomic E-state index is 0.277. The number of carbonyl (C=O) groups excluding carboxylic acids is 1. The highest BCUT2D eigenvalue weighted by molar-refractivity contribution is 6.17. The molecule has 0 fully saturated rings. The summed E-state index contributed by atoms with van der Waals surface area (Å²) in [6.07, 6.45) is 0. The Balaban J connectivity index is 2.21. The molecule has 0 radical (unpaired) electrons. The van der Waals surface area contributed by atoms with E-state index in [0.717, 1.165) is 5.56 Å². The van der Waals surface area contributed by atoms with Crippen LogP contribution in [0.15, 0.2) is 48.5 Å². The Morgan fingerprint density at radius 1 is 1.17 bits per heavy atom. The van der Waals surface area contributed by atoms with Gasteiger partial charge in [0.2, 0.25) is 0 Å². The van der Waals surface area contributed by atoms with E-state index in [2.05, 4.69) is 5.32 Å². The summed E-state index contributed by atoms with van der Waals surface area (Å²) in [5.74, 6) is -0.486. The topological polar surface area (TPSA) is 29.1 Å². The molecule has 18 heavy (non-hydrogen) atoms. The van der Waals surface area contributed by atoms with Crippen LogP contribution >= 0.6 is 11.6 Å². The van der Waals surface area contributed by atoms with Crippen LogP contribution in [-0.2, 0) is 5.88 Å². The fourth-order valence-electron chi connectivity index (χ4n) is 1.58. The van der Waals surface area contributed by atoms with Gasteiger partial charge in [0.15, 0.2) is 0 Å². The molecule has 0 aromatic heterocycles. The van der Waals surface area contributed by atoms with Crippen molar-refractivity contribution in [3.63, 3.8) is 0 Å². The normalized spacial score (nSPS) is 10.1. The van der Waals surface area contributed by atoms with Crippen molar-refractivity contribution in [2.75, 3.05) is 5.32 Å². The summed E-state index contributed by atoms with van der Waals surface area (Å²) < 4.78 is 13.0. The van der Waals surface area contributed by atoms with Gasteiger partial charge in [-0.05, 0) is 29.8 Å². The molecule has 2 nitrogen and oxygen atoms in total. The lowest BCUT2D eigenvalue weighted by atomic mass is 10.1. The molecule has 0 heterocycles. The van der Waals surface area contributed by atoms with E-state index >= 15 is 0 Å². The number of benzene rings is 2. The molecule has 1 amide bonds. The maximum absolute atomic E-state index is 13.0. The number of amides is 1. The Morgan fingerprint density at radius 2 is 1.94 bits per heavy atom. The van der Waals surface area contributed by atoms with Crippen LogP contribution in [0.3, 0.4) is 0 Å². The molecule has 0 atom stereocenters. The number of alkyl halides is 1. The van der Waals surface area contributed by atoms with Crippen molar-refractivity contribution in [3.05, 3.63) is 65.5 Å². The SMILES string of the molecule is O=C(Nc1ccccc1CCl)c1cccc(F)c1. The van der Waals surface area contributed by atoms with Crippen molar-refractivity contribution in [1.29, 1.82) is 0 Å². The number of nitrogens with one attached hydrogen (secondary N) is 1. The Bertz CT molecular complexity index is 571. The van der Waals surface area contributed by atoms with Crippen LogP contribution < -0.4 is 5.32 Å². The summed E-state index contributed by atoms with van der Waals surface area (Å²) in [6, 6.07) is 12.8. The second kappa shape index (κ2) is 5.65. The number of hydrogen-bond acceptors (Lipinski definition) is 1. The van der Waals surface area contributed by atoms with Gasteiger partial charge < -0.3 is 5.32 Å². The van der Waals surface area contributed by atoms with Crippen LogP contribution in [0.25, 0.3) is 0 Å². The predicted molar refractivity (Wildman–Crippen MR) is 70.4 cm³/mol. The number of anilines is 1. The number of hydrogen-bond donors (Lipinski definition) is 1. The lowest BCUT2D eigenvalue weighted by molar-refractivity contribution is 0.102. The fraction of sp³-hybridized carbons (Fsp3) is 0.0714. The summed E-state index contributed by atoms with van der Waals surface area (Å²) in [5, 5.41) is 2.71. The molecule has 0 unspecified atom stereocenters. The van der Waals surface area contributed by atoms with Gasteiger partial charge in [-0.1, -0.05) is 24.3 Å². The zero-order valence-electron chi connectivity index (χ0n) is 9.49. The largest absolute Gasteiger partial charge is 0.322 e. The molecule has 2 aromatic carbocycles. The Morgan fingerprint density at radius 3 is 2.67 bits per heavy atom. The highest BCUT2D eigenvalue weighted by Gasteiger charge is 2.08. The zero-order chi connectivity index (χ0) is 13.0. The number of para-hydroxylation sites is 1. The van der Waals surface area contributed by atoms with Crippen molar-refractivity contribution in [3.8, 4) is 0 Å². The second-order valence-electron chi connectivity index (χ2n) is 3.76. The third-order valence-electron chi connectivity index (χ3n) is 2.50. The van der Waals surface area contributed by atoms with E-state index in [0.29, 0.717) is 11.6 Å². The van der Waals surface area contributed by atoms with E-state index < -0.39 is 5.82 Å². The molecule has 0 aliphatic heterocycles. The molecule has 0 saturated heterocycles. The van der Waals surface area contributed by atoms with Crippen LogP contribution in [-0.4, -0.2) is 5.91 Å². The van der Waals surface area contributed by atoms with Gasteiger partial charge in [0.25, 0.3) is 5.91 Å². The van der Waals surface area contributed by atoms with Crippen molar-refractivity contribution in [2.45, 2.75) is 5.88 Å². The maximum Gasteiger partial charge on any atom is 0.255 e. The third-order valence-corrected chi connectivity index (χ3v) is 2.78. The monoisotopic (exact) mass is 263 g/mol. The Kier molecular flexibility index (Phi) is 3.95. The summed E-state index contributed by atoms with van der Waals surface area (Å²) in [7, 11) is 0. The number of halogens is 2. The fourth-order valence-corrected chi connectivity index (χ4v) is 1.82. The van der Waals surface area contributed by atoms with Gasteiger partial charge in [-0.15, -0.1) is 11.6 Å². The predicted octanol–water partition coefficient (Wildman–Crippen LogP) is 3.82. The molecule has 0 spiro atoms. The van der Waals surface area contributed by atoms with E-state index in [-0.39, 0.29) is 11.5 Å². The van der Waals surface area contributed by atoms with Crippen LogP contribution in [0.4, 0.5) is 10.1 Å². The second-order valence-corrected chi connectivity index (χ2v) is 4.02. The standard InChI is InChI=1S/C14H11ClFNO/c15-9-11-4-1-2-7-13(11)17-14(18)10-5-3-6-12(16)8-10/h1-8H,9H2,(H,17,18). The molecule has 0 bridgehead atoms. The first-order valence-electron chi connectivity index (χ1n) is 5.41. The minimum atomic E-state index is -0.437. The molecule has 0 saturated carbocycles. The van der Waals surface area contributed by atoms with Crippen LogP contribution in [0.1, 0.15) is 15.9 Å².